The maximum atomic E-state index is 12.5. The van der Waals surface area contributed by atoms with Gasteiger partial charge in [-0.3, -0.25) is 4.79 Å². The SMILES string of the molecule is O=C(c1ccc(Cl)cc1Cl)N1CCC(Oc2cccnn2)C1. The van der Waals surface area contributed by atoms with E-state index in [0.717, 1.165) is 6.42 Å². The second-order valence-electron chi connectivity index (χ2n) is 4.97. The number of nitrogens with zero attached hydrogens (tertiary/aromatic N) is 3. The van der Waals surface area contributed by atoms with Crippen LogP contribution in [-0.4, -0.2) is 40.2 Å². The number of amides is 1. The first-order chi connectivity index (χ1) is 10.6. The van der Waals surface area contributed by atoms with E-state index < -0.39 is 0 Å². The third-order valence-electron chi connectivity index (χ3n) is 3.43. The smallest absolute Gasteiger partial charge is 0.255 e. The first-order valence-corrected chi connectivity index (χ1v) is 7.58. The Morgan fingerprint density at radius 1 is 1.32 bits per heavy atom. The number of aromatic nitrogens is 2. The Hall–Kier alpha value is -1.85. The minimum absolute atomic E-state index is 0.0910. The van der Waals surface area contributed by atoms with Gasteiger partial charge in [0.05, 0.1) is 17.1 Å². The van der Waals surface area contributed by atoms with Crippen molar-refractivity contribution in [1.29, 1.82) is 0 Å². The van der Waals surface area contributed by atoms with Gasteiger partial charge in [-0.2, -0.15) is 5.10 Å². The second-order valence-corrected chi connectivity index (χ2v) is 5.81. The highest BCUT2D eigenvalue weighted by Gasteiger charge is 2.29. The lowest BCUT2D eigenvalue weighted by atomic mass is 10.2. The van der Waals surface area contributed by atoms with E-state index in [2.05, 4.69) is 10.2 Å². The number of likely N-dealkylation sites (tertiary alicyclic amines) is 1. The van der Waals surface area contributed by atoms with Crippen LogP contribution in [0.15, 0.2) is 36.5 Å². The van der Waals surface area contributed by atoms with E-state index in [1.165, 1.54) is 0 Å². The van der Waals surface area contributed by atoms with Crippen LogP contribution in [-0.2, 0) is 0 Å². The fraction of sp³-hybridized carbons (Fsp3) is 0.267. The van der Waals surface area contributed by atoms with Crippen molar-refractivity contribution in [3.05, 3.63) is 52.1 Å². The zero-order valence-electron chi connectivity index (χ0n) is 11.6. The third-order valence-corrected chi connectivity index (χ3v) is 3.98. The molecule has 3 rings (SSSR count). The zero-order chi connectivity index (χ0) is 15.5. The van der Waals surface area contributed by atoms with Crippen molar-refractivity contribution in [2.75, 3.05) is 13.1 Å². The van der Waals surface area contributed by atoms with E-state index in [1.807, 2.05) is 0 Å². The Kier molecular flexibility index (Phi) is 4.45. The molecule has 1 aromatic heterocycles. The van der Waals surface area contributed by atoms with E-state index >= 15 is 0 Å². The molecule has 22 heavy (non-hydrogen) atoms. The van der Waals surface area contributed by atoms with Crippen LogP contribution < -0.4 is 4.74 Å². The standard InChI is InChI=1S/C15H13Cl2N3O2/c16-10-3-4-12(13(17)8-10)15(21)20-7-5-11(9-20)22-14-2-1-6-18-19-14/h1-4,6,8,11H,5,7,9H2. The number of benzene rings is 1. The van der Waals surface area contributed by atoms with Gasteiger partial charge in [0.1, 0.15) is 6.10 Å². The van der Waals surface area contributed by atoms with Crippen LogP contribution in [0.1, 0.15) is 16.8 Å². The van der Waals surface area contributed by atoms with Gasteiger partial charge in [0.15, 0.2) is 0 Å². The van der Waals surface area contributed by atoms with Gasteiger partial charge >= 0.3 is 0 Å². The maximum Gasteiger partial charge on any atom is 0.255 e. The Bertz CT molecular complexity index is 682. The lowest BCUT2D eigenvalue weighted by Crippen LogP contribution is -2.31. The monoisotopic (exact) mass is 337 g/mol. The van der Waals surface area contributed by atoms with Crippen molar-refractivity contribution in [2.45, 2.75) is 12.5 Å². The van der Waals surface area contributed by atoms with Crippen molar-refractivity contribution in [1.82, 2.24) is 15.1 Å². The molecule has 0 N–H and O–H groups in total. The molecule has 0 bridgehead atoms. The molecule has 2 heterocycles. The van der Waals surface area contributed by atoms with Crippen molar-refractivity contribution in [3.8, 4) is 5.88 Å². The summed E-state index contributed by atoms with van der Waals surface area (Å²) in [6, 6.07) is 8.37. The summed E-state index contributed by atoms with van der Waals surface area (Å²) in [5, 5.41) is 8.51. The van der Waals surface area contributed by atoms with Crippen LogP contribution in [0.2, 0.25) is 10.0 Å². The van der Waals surface area contributed by atoms with Gasteiger partial charge in [0, 0.05) is 30.3 Å². The van der Waals surface area contributed by atoms with E-state index in [0.29, 0.717) is 34.6 Å². The van der Waals surface area contributed by atoms with Gasteiger partial charge in [-0.15, -0.1) is 5.10 Å². The first-order valence-electron chi connectivity index (χ1n) is 6.82. The Morgan fingerprint density at radius 2 is 2.18 bits per heavy atom. The fourth-order valence-electron chi connectivity index (χ4n) is 2.36. The topological polar surface area (TPSA) is 55.3 Å². The van der Waals surface area contributed by atoms with Crippen LogP contribution in [0.3, 0.4) is 0 Å². The van der Waals surface area contributed by atoms with Crippen LogP contribution in [0.25, 0.3) is 0 Å². The Morgan fingerprint density at radius 3 is 2.91 bits per heavy atom. The molecule has 1 fully saturated rings. The van der Waals surface area contributed by atoms with E-state index in [4.69, 9.17) is 27.9 Å². The molecule has 1 unspecified atom stereocenters. The summed E-state index contributed by atoms with van der Waals surface area (Å²) in [6.45, 7) is 1.11. The number of rotatable bonds is 3. The van der Waals surface area contributed by atoms with Crippen molar-refractivity contribution in [2.24, 2.45) is 0 Å². The van der Waals surface area contributed by atoms with Gasteiger partial charge in [-0.1, -0.05) is 23.2 Å². The normalized spacial score (nSPS) is 17.5. The molecule has 1 aliphatic rings. The number of hydrogen-bond acceptors (Lipinski definition) is 4. The van der Waals surface area contributed by atoms with Gasteiger partial charge in [0.2, 0.25) is 5.88 Å². The van der Waals surface area contributed by atoms with E-state index in [1.54, 1.807) is 41.4 Å². The number of ether oxygens (including phenoxy) is 1. The average Bonchev–Trinajstić information content (AvgIpc) is 2.96. The molecule has 0 saturated carbocycles. The fourth-order valence-corrected chi connectivity index (χ4v) is 2.85. The molecule has 1 aromatic carbocycles. The van der Waals surface area contributed by atoms with Crippen LogP contribution in [0.5, 0.6) is 5.88 Å². The number of carbonyl (C=O) groups is 1. The minimum atomic E-state index is -0.119. The predicted octanol–water partition coefficient (Wildman–Crippen LogP) is 3.08. The average molecular weight is 338 g/mol. The molecular formula is C15H13Cl2N3O2. The Labute approximate surface area is 137 Å². The van der Waals surface area contributed by atoms with Crippen molar-refractivity contribution in [3.63, 3.8) is 0 Å². The van der Waals surface area contributed by atoms with Crippen molar-refractivity contribution < 1.29 is 9.53 Å². The summed E-state index contributed by atoms with van der Waals surface area (Å²) in [5.41, 5.74) is 0.450. The van der Waals surface area contributed by atoms with Crippen LogP contribution >= 0.6 is 23.2 Å². The molecule has 5 nitrogen and oxygen atoms in total. The number of halogens is 2. The van der Waals surface area contributed by atoms with Crippen LogP contribution in [0, 0.1) is 0 Å². The largest absolute Gasteiger partial charge is 0.471 e. The maximum absolute atomic E-state index is 12.5. The van der Waals surface area contributed by atoms with Crippen LogP contribution in [0.4, 0.5) is 0 Å². The predicted molar refractivity (Wildman–Crippen MR) is 83.4 cm³/mol. The van der Waals surface area contributed by atoms with E-state index in [9.17, 15) is 4.79 Å². The summed E-state index contributed by atoms with van der Waals surface area (Å²) in [7, 11) is 0. The zero-order valence-corrected chi connectivity index (χ0v) is 13.1. The molecule has 1 amide bonds. The minimum Gasteiger partial charge on any atom is -0.471 e. The third kappa shape index (κ3) is 3.31. The van der Waals surface area contributed by atoms with E-state index in [-0.39, 0.29) is 12.0 Å². The molecule has 2 aromatic rings. The van der Waals surface area contributed by atoms with Gasteiger partial charge < -0.3 is 9.64 Å². The summed E-state index contributed by atoms with van der Waals surface area (Å²) >= 11 is 11.9. The molecule has 114 valence electrons. The molecule has 0 spiro atoms. The quantitative estimate of drug-likeness (QED) is 0.863. The highest BCUT2D eigenvalue weighted by atomic mass is 35.5. The number of hydrogen-bond donors (Lipinski definition) is 0. The second kappa shape index (κ2) is 6.50. The summed E-state index contributed by atoms with van der Waals surface area (Å²) in [6.07, 6.45) is 2.24. The Balaban J connectivity index is 1.66. The lowest BCUT2D eigenvalue weighted by Gasteiger charge is -2.17. The van der Waals surface area contributed by atoms with Gasteiger partial charge in [-0.25, -0.2) is 0 Å². The van der Waals surface area contributed by atoms with Crippen molar-refractivity contribution >= 4 is 29.1 Å². The molecule has 7 heteroatoms. The lowest BCUT2D eigenvalue weighted by molar-refractivity contribution is 0.0771. The summed E-state index contributed by atoms with van der Waals surface area (Å²) in [5.74, 6) is 0.346. The summed E-state index contributed by atoms with van der Waals surface area (Å²) in [4.78, 5) is 14.2. The highest BCUT2D eigenvalue weighted by molar-refractivity contribution is 6.36. The first kappa shape index (κ1) is 15.1. The highest BCUT2D eigenvalue weighted by Crippen LogP contribution is 2.24. The van der Waals surface area contributed by atoms with Gasteiger partial charge in [0.25, 0.3) is 5.91 Å². The molecule has 1 saturated heterocycles. The number of carbonyl (C=O) groups excluding carboxylic acids is 1. The van der Waals surface area contributed by atoms with Gasteiger partial charge in [-0.05, 0) is 24.3 Å². The molecule has 1 aliphatic heterocycles. The molecule has 0 radical (unpaired) electrons. The molecule has 1 atom stereocenters. The molecular weight excluding hydrogens is 325 g/mol. The molecule has 0 aliphatic carbocycles. The summed E-state index contributed by atoms with van der Waals surface area (Å²) < 4.78 is 5.72.